The molecule has 0 radical (unpaired) electrons. The minimum absolute atomic E-state index is 0.244. The summed E-state index contributed by atoms with van der Waals surface area (Å²) in [5, 5.41) is 28.3. The lowest BCUT2D eigenvalue weighted by molar-refractivity contribution is 0.480. The first kappa shape index (κ1) is 18.0. The molecule has 0 heterocycles. The largest absolute Gasteiger partial charge is 0.507 e. The molecule has 30 heavy (non-hydrogen) atoms. The van der Waals surface area contributed by atoms with E-state index in [1.54, 1.807) is 18.2 Å². The maximum Gasteiger partial charge on any atom is 0.124 e. The van der Waals surface area contributed by atoms with E-state index < -0.39 is 0 Å². The second-order valence-corrected chi connectivity index (χ2v) is 7.36. The van der Waals surface area contributed by atoms with Crippen molar-refractivity contribution in [3.63, 3.8) is 0 Å². The van der Waals surface area contributed by atoms with E-state index in [1.807, 2.05) is 30.3 Å². The minimum atomic E-state index is 0.244. The number of phenolic OH excluding ortho intramolecular Hbond substituents is 2. The molecule has 0 fully saturated rings. The van der Waals surface area contributed by atoms with Crippen molar-refractivity contribution in [2.24, 2.45) is 0 Å². The Morgan fingerprint density at radius 1 is 0.367 bits per heavy atom. The van der Waals surface area contributed by atoms with Crippen LogP contribution in [0.15, 0.2) is 109 Å². The fraction of sp³-hybridized carbons (Fsp3) is 0. The molecule has 6 aromatic carbocycles. The molecule has 0 aromatic heterocycles. The van der Waals surface area contributed by atoms with Crippen LogP contribution in [0.3, 0.4) is 0 Å². The van der Waals surface area contributed by atoms with Crippen molar-refractivity contribution in [3.8, 4) is 11.5 Å². The predicted molar refractivity (Wildman–Crippen MR) is 126 cm³/mol. The number of hydrogen-bond donors (Lipinski definition) is 2. The highest BCUT2D eigenvalue weighted by molar-refractivity contribution is 6.12. The lowest BCUT2D eigenvalue weighted by Gasteiger charge is -2.07. The second kappa shape index (κ2) is 7.41. The lowest BCUT2D eigenvalue weighted by atomic mass is 10.0. The molecule has 2 nitrogen and oxygen atoms in total. The van der Waals surface area contributed by atoms with Gasteiger partial charge in [-0.25, -0.2) is 0 Å². The van der Waals surface area contributed by atoms with Crippen molar-refractivity contribution in [3.05, 3.63) is 109 Å². The van der Waals surface area contributed by atoms with Crippen molar-refractivity contribution in [2.75, 3.05) is 0 Å². The summed E-state index contributed by atoms with van der Waals surface area (Å²) in [6.07, 6.45) is 0. The van der Waals surface area contributed by atoms with Gasteiger partial charge in [0.15, 0.2) is 0 Å². The van der Waals surface area contributed by atoms with Crippen LogP contribution in [0.1, 0.15) is 0 Å². The van der Waals surface area contributed by atoms with Crippen molar-refractivity contribution >= 4 is 43.1 Å². The SMILES string of the molecule is Oc1cc2cccc(O)c2c2ccccc12.c1ccc2cc3ccccc3cc2c1. The maximum absolute atomic E-state index is 9.88. The molecule has 0 unspecified atom stereocenters. The Morgan fingerprint density at radius 3 is 1.40 bits per heavy atom. The smallest absolute Gasteiger partial charge is 0.124 e. The molecule has 0 saturated carbocycles. The van der Waals surface area contributed by atoms with E-state index >= 15 is 0 Å². The Morgan fingerprint density at radius 2 is 0.833 bits per heavy atom. The van der Waals surface area contributed by atoms with E-state index in [2.05, 4.69) is 60.7 Å². The molecule has 0 amide bonds. The average Bonchev–Trinajstić information content (AvgIpc) is 2.78. The number of benzene rings is 6. The molecule has 2 N–H and O–H groups in total. The zero-order chi connectivity index (χ0) is 20.5. The number of fused-ring (bicyclic) bond motifs is 5. The van der Waals surface area contributed by atoms with Gasteiger partial charge < -0.3 is 10.2 Å². The summed E-state index contributed by atoms with van der Waals surface area (Å²) in [5.74, 6) is 0.488. The zero-order valence-corrected chi connectivity index (χ0v) is 16.3. The average molecular weight is 388 g/mol. The van der Waals surface area contributed by atoms with Gasteiger partial charge in [0.25, 0.3) is 0 Å². The third kappa shape index (κ3) is 3.19. The monoisotopic (exact) mass is 388 g/mol. The number of hydrogen-bond acceptors (Lipinski definition) is 2. The van der Waals surface area contributed by atoms with Crippen LogP contribution >= 0.6 is 0 Å². The van der Waals surface area contributed by atoms with E-state index in [0.29, 0.717) is 0 Å². The Balaban J connectivity index is 0.000000130. The van der Waals surface area contributed by atoms with Gasteiger partial charge in [0.05, 0.1) is 0 Å². The van der Waals surface area contributed by atoms with E-state index in [9.17, 15) is 10.2 Å². The van der Waals surface area contributed by atoms with Gasteiger partial charge in [0.1, 0.15) is 11.5 Å². The van der Waals surface area contributed by atoms with Gasteiger partial charge in [-0.3, -0.25) is 0 Å². The molecule has 0 aliphatic carbocycles. The third-order valence-corrected chi connectivity index (χ3v) is 5.45. The van der Waals surface area contributed by atoms with Crippen LogP contribution in [0, 0.1) is 0 Å². The van der Waals surface area contributed by atoms with Gasteiger partial charge in [-0.2, -0.15) is 0 Å². The topological polar surface area (TPSA) is 40.5 Å². The lowest BCUT2D eigenvalue weighted by Crippen LogP contribution is -1.79. The number of phenols is 2. The van der Waals surface area contributed by atoms with Crippen molar-refractivity contribution in [1.29, 1.82) is 0 Å². The summed E-state index contributed by atoms with van der Waals surface area (Å²) in [6.45, 7) is 0. The van der Waals surface area contributed by atoms with Crippen LogP contribution in [0.4, 0.5) is 0 Å². The predicted octanol–water partition coefficient (Wildman–Crippen LogP) is 7.40. The van der Waals surface area contributed by atoms with Gasteiger partial charge in [0, 0.05) is 10.8 Å². The molecule has 0 aliphatic heterocycles. The second-order valence-electron chi connectivity index (χ2n) is 7.36. The van der Waals surface area contributed by atoms with Crippen LogP contribution in [-0.2, 0) is 0 Å². The number of rotatable bonds is 0. The summed E-state index contributed by atoms with van der Waals surface area (Å²) in [4.78, 5) is 0. The highest BCUT2D eigenvalue weighted by Gasteiger charge is 2.07. The molecule has 6 rings (SSSR count). The van der Waals surface area contributed by atoms with Gasteiger partial charge in [-0.15, -0.1) is 0 Å². The van der Waals surface area contributed by atoms with Crippen LogP contribution < -0.4 is 0 Å². The van der Waals surface area contributed by atoms with E-state index in [1.165, 1.54) is 21.5 Å². The third-order valence-electron chi connectivity index (χ3n) is 5.45. The summed E-state index contributed by atoms with van der Waals surface area (Å²) >= 11 is 0. The molecule has 0 aliphatic rings. The molecular weight excluding hydrogens is 368 g/mol. The van der Waals surface area contributed by atoms with Crippen LogP contribution in [0.2, 0.25) is 0 Å². The van der Waals surface area contributed by atoms with Gasteiger partial charge in [0.2, 0.25) is 0 Å². The van der Waals surface area contributed by atoms with E-state index in [-0.39, 0.29) is 11.5 Å². The van der Waals surface area contributed by atoms with Crippen molar-refractivity contribution < 1.29 is 10.2 Å². The van der Waals surface area contributed by atoms with Gasteiger partial charge >= 0.3 is 0 Å². The number of aromatic hydroxyl groups is 2. The first-order chi connectivity index (χ1) is 14.7. The van der Waals surface area contributed by atoms with E-state index in [0.717, 1.165) is 21.5 Å². The molecule has 2 heteroatoms. The zero-order valence-electron chi connectivity index (χ0n) is 16.3. The van der Waals surface area contributed by atoms with Crippen LogP contribution in [-0.4, -0.2) is 10.2 Å². The standard InChI is InChI=1S/C14H10O2.C14H10/c15-12-7-3-4-9-8-13(16)10-5-1-2-6-11(10)14(9)12;1-2-6-12-10-14-8-4-3-7-13(14)9-11(12)5-1/h1-8,15-16H;1-10H. The summed E-state index contributed by atoms with van der Waals surface area (Å²) in [5.41, 5.74) is 0. The molecule has 0 bridgehead atoms. The molecule has 0 atom stereocenters. The Labute approximate surface area is 174 Å². The van der Waals surface area contributed by atoms with E-state index in [4.69, 9.17) is 0 Å². The molecule has 6 aromatic rings. The highest BCUT2D eigenvalue weighted by atomic mass is 16.3. The minimum Gasteiger partial charge on any atom is -0.507 e. The Kier molecular flexibility index (Phi) is 4.45. The first-order valence-corrected chi connectivity index (χ1v) is 9.91. The van der Waals surface area contributed by atoms with Crippen LogP contribution in [0.5, 0.6) is 11.5 Å². The quantitative estimate of drug-likeness (QED) is 0.210. The Hall–Kier alpha value is -4.04. The van der Waals surface area contributed by atoms with Crippen molar-refractivity contribution in [1.82, 2.24) is 0 Å². The molecule has 144 valence electrons. The summed E-state index contributed by atoms with van der Waals surface area (Å²) < 4.78 is 0. The summed E-state index contributed by atoms with van der Waals surface area (Å²) in [6, 6.07) is 35.9. The van der Waals surface area contributed by atoms with Crippen LogP contribution in [0.25, 0.3) is 43.1 Å². The fourth-order valence-corrected chi connectivity index (χ4v) is 4.00. The first-order valence-electron chi connectivity index (χ1n) is 9.91. The highest BCUT2D eigenvalue weighted by Crippen LogP contribution is 2.36. The molecular formula is C28H20O2. The van der Waals surface area contributed by atoms with Crippen molar-refractivity contribution in [2.45, 2.75) is 0 Å². The normalized spacial score (nSPS) is 10.9. The molecule has 0 saturated heterocycles. The summed E-state index contributed by atoms with van der Waals surface area (Å²) in [7, 11) is 0. The maximum atomic E-state index is 9.88. The Bertz CT molecular complexity index is 1410. The molecule has 0 spiro atoms. The fourth-order valence-electron chi connectivity index (χ4n) is 4.00. The van der Waals surface area contributed by atoms with Gasteiger partial charge in [-0.05, 0) is 56.6 Å². The van der Waals surface area contributed by atoms with Gasteiger partial charge in [-0.1, -0.05) is 84.9 Å².